The quantitative estimate of drug-likeness (QED) is 0.881. The molecular weight excluding hydrogens is 238 g/mol. The molecule has 1 aromatic carbocycles. The summed E-state index contributed by atoms with van der Waals surface area (Å²) in [5.74, 6) is 0. The van der Waals surface area contributed by atoms with Gasteiger partial charge < -0.3 is 14.7 Å². The molecule has 1 fully saturated rings. The molecule has 1 N–H and O–H groups in total. The highest BCUT2D eigenvalue weighted by atomic mass is 35.5. The van der Waals surface area contributed by atoms with Gasteiger partial charge in [-0.2, -0.15) is 0 Å². The van der Waals surface area contributed by atoms with Crippen molar-refractivity contribution in [2.45, 2.75) is 26.1 Å². The van der Waals surface area contributed by atoms with Crippen LogP contribution in [0, 0.1) is 0 Å². The minimum absolute atomic E-state index is 0.0153. The summed E-state index contributed by atoms with van der Waals surface area (Å²) in [4.78, 5) is 2.28. The number of rotatable bonds is 2. The van der Waals surface area contributed by atoms with E-state index in [0.717, 1.165) is 37.4 Å². The topological polar surface area (TPSA) is 32.7 Å². The van der Waals surface area contributed by atoms with Crippen molar-refractivity contribution in [1.29, 1.82) is 0 Å². The SMILES string of the molecule is CC1CN(c2ccc(CO)c(Cl)c2)CCCO1. The fourth-order valence-corrected chi connectivity index (χ4v) is 2.32. The molecule has 1 atom stereocenters. The average molecular weight is 256 g/mol. The second-order valence-electron chi connectivity index (χ2n) is 4.41. The molecule has 2 rings (SSSR count). The Kier molecular flexibility index (Phi) is 4.26. The van der Waals surface area contributed by atoms with Gasteiger partial charge in [0.15, 0.2) is 0 Å². The van der Waals surface area contributed by atoms with Gasteiger partial charge >= 0.3 is 0 Å². The van der Waals surface area contributed by atoms with Crippen LogP contribution in [-0.4, -0.2) is 30.9 Å². The van der Waals surface area contributed by atoms with E-state index in [4.69, 9.17) is 21.4 Å². The average Bonchev–Trinajstić information content (AvgIpc) is 2.54. The first kappa shape index (κ1) is 12.7. The number of anilines is 1. The zero-order valence-electron chi connectivity index (χ0n) is 10.0. The van der Waals surface area contributed by atoms with Gasteiger partial charge in [-0.05, 0) is 31.0 Å². The third-order valence-corrected chi connectivity index (χ3v) is 3.38. The van der Waals surface area contributed by atoms with Crippen molar-refractivity contribution in [2.24, 2.45) is 0 Å². The zero-order chi connectivity index (χ0) is 12.3. The highest BCUT2D eigenvalue weighted by molar-refractivity contribution is 6.31. The summed E-state index contributed by atoms with van der Waals surface area (Å²) in [7, 11) is 0. The second-order valence-corrected chi connectivity index (χ2v) is 4.82. The lowest BCUT2D eigenvalue weighted by Crippen LogP contribution is -2.30. The summed E-state index contributed by atoms with van der Waals surface area (Å²) in [5.41, 5.74) is 1.87. The second kappa shape index (κ2) is 5.71. The first-order valence-corrected chi connectivity index (χ1v) is 6.34. The van der Waals surface area contributed by atoms with Gasteiger partial charge in [0.05, 0.1) is 12.7 Å². The predicted molar refractivity (Wildman–Crippen MR) is 69.6 cm³/mol. The van der Waals surface area contributed by atoms with Crippen molar-refractivity contribution in [2.75, 3.05) is 24.6 Å². The Balaban J connectivity index is 2.17. The van der Waals surface area contributed by atoms with E-state index in [2.05, 4.69) is 11.8 Å². The van der Waals surface area contributed by atoms with E-state index < -0.39 is 0 Å². The Labute approximate surface area is 107 Å². The molecule has 0 spiro atoms. The summed E-state index contributed by atoms with van der Waals surface area (Å²) < 4.78 is 5.62. The first-order chi connectivity index (χ1) is 8.20. The highest BCUT2D eigenvalue weighted by Crippen LogP contribution is 2.25. The summed E-state index contributed by atoms with van der Waals surface area (Å²) in [6.07, 6.45) is 1.28. The number of hydrogen-bond acceptors (Lipinski definition) is 3. The monoisotopic (exact) mass is 255 g/mol. The van der Waals surface area contributed by atoms with Gasteiger partial charge in [-0.25, -0.2) is 0 Å². The number of ether oxygens (including phenoxy) is 1. The van der Waals surface area contributed by atoms with Crippen LogP contribution in [0.25, 0.3) is 0 Å². The molecular formula is C13H18ClNO2. The summed E-state index contributed by atoms with van der Waals surface area (Å²) in [5, 5.41) is 9.72. The van der Waals surface area contributed by atoms with E-state index in [-0.39, 0.29) is 12.7 Å². The van der Waals surface area contributed by atoms with Crippen molar-refractivity contribution >= 4 is 17.3 Å². The molecule has 3 nitrogen and oxygen atoms in total. The molecule has 0 amide bonds. The molecule has 0 aromatic heterocycles. The largest absolute Gasteiger partial charge is 0.392 e. The molecule has 0 aliphatic carbocycles. The van der Waals surface area contributed by atoms with Gasteiger partial charge in [-0.3, -0.25) is 0 Å². The van der Waals surface area contributed by atoms with Crippen LogP contribution in [0.3, 0.4) is 0 Å². The van der Waals surface area contributed by atoms with Gasteiger partial charge in [0, 0.05) is 30.4 Å². The number of halogens is 1. The van der Waals surface area contributed by atoms with Crippen molar-refractivity contribution < 1.29 is 9.84 Å². The highest BCUT2D eigenvalue weighted by Gasteiger charge is 2.16. The van der Waals surface area contributed by atoms with Crippen molar-refractivity contribution in [1.82, 2.24) is 0 Å². The molecule has 17 heavy (non-hydrogen) atoms. The van der Waals surface area contributed by atoms with E-state index in [0.29, 0.717) is 5.02 Å². The Morgan fingerprint density at radius 2 is 2.35 bits per heavy atom. The summed E-state index contributed by atoms with van der Waals surface area (Å²) in [6.45, 7) is 4.76. The van der Waals surface area contributed by atoms with Gasteiger partial charge in [-0.15, -0.1) is 0 Å². The third-order valence-electron chi connectivity index (χ3n) is 3.02. The van der Waals surface area contributed by atoms with E-state index in [9.17, 15) is 0 Å². The van der Waals surface area contributed by atoms with Crippen LogP contribution in [0.15, 0.2) is 18.2 Å². The van der Waals surface area contributed by atoms with Gasteiger partial charge in [0.25, 0.3) is 0 Å². The molecule has 1 unspecified atom stereocenters. The van der Waals surface area contributed by atoms with Crippen LogP contribution in [0.5, 0.6) is 0 Å². The Morgan fingerprint density at radius 3 is 3.06 bits per heavy atom. The molecule has 1 aliphatic heterocycles. The number of hydrogen-bond donors (Lipinski definition) is 1. The Hall–Kier alpha value is -0.770. The third kappa shape index (κ3) is 3.12. The smallest absolute Gasteiger partial charge is 0.0721 e. The standard InChI is InChI=1S/C13H18ClNO2/c1-10-8-15(5-2-6-17-10)12-4-3-11(9-16)13(14)7-12/h3-4,7,10,16H,2,5-6,8-9H2,1H3. The van der Waals surface area contributed by atoms with E-state index >= 15 is 0 Å². The Morgan fingerprint density at radius 1 is 1.53 bits per heavy atom. The fourth-order valence-electron chi connectivity index (χ4n) is 2.09. The first-order valence-electron chi connectivity index (χ1n) is 5.96. The maximum atomic E-state index is 9.09. The summed E-state index contributed by atoms with van der Waals surface area (Å²) in [6, 6.07) is 5.81. The lowest BCUT2D eigenvalue weighted by Gasteiger charge is -2.24. The molecule has 0 radical (unpaired) electrons. The Bertz CT molecular complexity index is 384. The number of aliphatic hydroxyl groups is 1. The molecule has 1 heterocycles. The van der Waals surface area contributed by atoms with Crippen molar-refractivity contribution in [3.63, 3.8) is 0 Å². The molecule has 4 heteroatoms. The molecule has 1 aromatic rings. The molecule has 94 valence electrons. The molecule has 1 aliphatic rings. The summed E-state index contributed by atoms with van der Waals surface area (Å²) >= 11 is 6.11. The van der Waals surface area contributed by atoms with Crippen LogP contribution in [-0.2, 0) is 11.3 Å². The van der Waals surface area contributed by atoms with Crippen LogP contribution >= 0.6 is 11.6 Å². The van der Waals surface area contributed by atoms with Gasteiger partial charge in [-0.1, -0.05) is 17.7 Å². The molecule has 0 bridgehead atoms. The van der Waals surface area contributed by atoms with Gasteiger partial charge in [0.1, 0.15) is 0 Å². The normalized spacial score (nSPS) is 21.4. The van der Waals surface area contributed by atoms with Crippen LogP contribution in [0.4, 0.5) is 5.69 Å². The molecule has 1 saturated heterocycles. The van der Waals surface area contributed by atoms with E-state index in [1.165, 1.54) is 0 Å². The maximum Gasteiger partial charge on any atom is 0.0721 e. The van der Waals surface area contributed by atoms with Crippen molar-refractivity contribution in [3.8, 4) is 0 Å². The minimum Gasteiger partial charge on any atom is -0.392 e. The zero-order valence-corrected chi connectivity index (χ0v) is 10.8. The number of nitrogens with zero attached hydrogens (tertiary/aromatic N) is 1. The number of benzene rings is 1. The van der Waals surface area contributed by atoms with Gasteiger partial charge in [0.2, 0.25) is 0 Å². The number of aliphatic hydroxyl groups excluding tert-OH is 1. The van der Waals surface area contributed by atoms with E-state index in [1.807, 2.05) is 18.2 Å². The lowest BCUT2D eigenvalue weighted by atomic mass is 10.2. The van der Waals surface area contributed by atoms with Crippen LogP contribution < -0.4 is 4.90 Å². The van der Waals surface area contributed by atoms with Crippen LogP contribution in [0.1, 0.15) is 18.9 Å². The maximum absolute atomic E-state index is 9.09. The van der Waals surface area contributed by atoms with Crippen LogP contribution in [0.2, 0.25) is 5.02 Å². The lowest BCUT2D eigenvalue weighted by molar-refractivity contribution is 0.0821. The minimum atomic E-state index is -0.0153. The predicted octanol–water partition coefficient (Wildman–Crippen LogP) is 2.45. The van der Waals surface area contributed by atoms with E-state index in [1.54, 1.807) is 0 Å². The fraction of sp³-hybridized carbons (Fsp3) is 0.538. The van der Waals surface area contributed by atoms with Crippen molar-refractivity contribution in [3.05, 3.63) is 28.8 Å². The molecule has 0 saturated carbocycles.